The minimum atomic E-state index is -0.161. The van der Waals surface area contributed by atoms with Crippen LogP contribution in [0, 0.1) is 0 Å². The van der Waals surface area contributed by atoms with Crippen LogP contribution in [-0.2, 0) is 11.8 Å². The van der Waals surface area contributed by atoms with Gasteiger partial charge in [-0.2, -0.15) is 0 Å². The van der Waals surface area contributed by atoms with Crippen molar-refractivity contribution in [3.8, 4) is 0 Å². The Balaban J connectivity index is 2.40. The first-order valence-corrected chi connectivity index (χ1v) is 7.16. The maximum atomic E-state index is 6.07. The number of rotatable bonds is 2. The molecule has 2 aromatic rings. The molecular formula is C15H22N2S. The largest absolute Gasteiger partial charge is 0.325 e. The molecule has 1 aromatic heterocycles. The van der Waals surface area contributed by atoms with Crippen molar-refractivity contribution in [3.63, 3.8) is 0 Å². The van der Waals surface area contributed by atoms with Crippen molar-refractivity contribution >= 4 is 21.6 Å². The van der Waals surface area contributed by atoms with E-state index < -0.39 is 0 Å². The molecule has 0 aliphatic heterocycles. The molecule has 98 valence electrons. The molecule has 0 amide bonds. The third kappa shape index (κ3) is 3.09. The standard InChI is InChI=1S/C15H22N2S/c1-14(2,3)13-17-11-7-6-10(8-12(11)18-13)9-15(4,5)16/h6-8H,9,16H2,1-5H3. The Morgan fingerprint density at radius 3 is 2.39 bits per heavy atom. The van der Waals surface area contributed by atoms with Crippen LogP contribution in [0.2, 0.25) is 0 Å². The second-order valence-corrected chi connectivity index (χ2v) is 7.77. The smallest absolute Gasteiger partial charge is 0.0992 e. The highest BCUT2D eigenvalue weighted by Crippen LogP contribution is 2.31. The first-order chi connectivity index (χ1) is 8.15. The summed E-state index contributed by atoms with van der Waals surface area (Å²) in [6.07, 6.45) is 0.895. The van der Waals surface area contributed by atoms with Crippen LogP contribution in [0.4, 0.5) is 0 Å². The van der Waals surface area contributed by atoms with Gasteiger partial charge in [-0.1, -0.05) is 26.8 Å². The summed E-state index contributed by atoms with van der Waals surface area (Å²) in [6, 6.07) is 6.49. The van der Waals surface area contributed by atoms with Crippen LogP contribution in [-0.4, -0.2) is 10.5 Å². The molecular weight excluding hydrogens is 240 g/mol. The average Bonchev–Trinajstić information content (AvgIpc) is 2.57. The minimum Gasteiger partial charge on any atom is -0.325 e. The van der Waals surface area contributed by atoms with E-state index in [1.54, 1.807) is 11.3 Å². The number of aromatic nitrogens is 1. The van der Waals surface area contributed by atoms with Crippen molar-refractivity contribution in [1.29, 1.82) is 0 Å². The summed E-state index contributed by atoms with van der Waals surface area (Å²) in [5, 5.41) is 1.20. The zero-order valence-electron chi connectivity index (χ0n) is 11.9. The van der Waals surface area contributed by atoms with Gasteiger partial charge in [0.1, 0.15) is 0 Å². The third-order valence-corrected chi connectivity index (χ3v) is 4.20. The Labute approximate surface area is 113 Å². The molecule has 0 aliphatic carbocycles. The van der Waals surface area contributed by atoms with Gasteiger partial charge >= 0.3 is 0 Å². The number of fused-ring (bicyclic) bond motifs is 1. The Kier molecular flexibility index (Phi) is 3.24. The summed E-state index contributed by atoms with van der Waals surface area (Å²) in [5.74, 6) is 0. The van der Waals surface area contributed by atoms with Crippen LogP contribution in [0.15, 0.2) is 18.2 Å². The zero-order valence-corrected chi connectivity index (χ0v) is 12.7. The fourth-order valence-electron chi connectivity index (χ4n) is 1.93. The maximum Gasteiger partial charge on any atom is 0.0992 e. The second-order valence-electron chi connectivity index (χ2n) is 6.74. The van der Waals surface area contributed by atoms with E-state index in [4.69, 9.17) is 10.7 Å². The molecule has 0 spiro atoms. The van der Waals surface area contributed by atoms with Crippen LogP contribution in [0.1, 0.15) is 45.2 Å². The molecule has 1 heterocycles. The molecule has 18 heavy (non-hydrogen) atoms. The Hall–Kier alpha value is -0.930. The Morgan fingerprint density at radius 1 is 1.17 bits per heavy atom. The highest BCUT2D eigenvalue weighted by Gasteiger charge is 2.19. The fraction of sp³-hybridized carbons (Fsp3) is 0.533. The molecule has 3 heteroatoms. The summed E-state index contributed by atoms with van der Waals surface area (Å²) in [7, 11) is 0. The van der Waals surface area contributed by atoms with Crippen LogP contribution in [0.5, 0.6) is 0 Å². The fourth-order valence-corrected chi connectivity index (χ4v) is 3.01. The van der Waals surface area contributed by atoms with Crippen molar-refractivity contribution in [2.75, 3.05) is 0 Å². The maximum absolute atomic E-state index is 6.07. The highest BCUT2D eigenvalue weighted by atomic mass is 32.1. The molecule has 0 saturated heterocycles. The minimum absolute atomic E-state index is 0.122. The highest BCUT2D eigenvalue weighted by molar-refractivity contribution is 7.18. The summed E-state index contributed by atoms with van der Waals surface area (Å²) in [5.41, 5.74) is 8.43. The number of hydrogen-bond acceptors (Lipinski definition) is 3. The molecule has 1 aromatic carbocycles. The summed E-state index contributed by atoms with van der Waals surface area (Å²) in [4.78, 5) is 4.71. The molecule has 0 radical (unpaired) electrons. The van der Waals surface area contributed by atoms with Crippen LogP contribution >= 0.6 is 11.3 Å². The Bertz CT molecular complexity index is 556. The predicted octanol–water partition coefficient (Wildman–Crippen LogP) is 3.87. The van der Waals surface area contributed by atoms with Crippen LogP contribution in [0.3, 0.4) is 0 Å². The summed E-state index contributed by atoms with van der Waals surface area (Å²) >= 11 is 1.79. The predicted molar refractivity (Wildman–Crippen MR) is 80.3 cm³/mol. The van der Waals surface area contributed by atoms with E-state index in [0.29, 0.717) is 0 Å². The van der Waals surface area contributed by atoms with Crippen molar-refractivity contribution in [3.05, 3.63) is 28.8 Å². The average molecular weight is 262 g/mol. The number of hydrogen-bond donors (Lipinski definition) is 1. The Morgan fingerprint density at radius 2 is 1.83 bits per heavy atom. The van der Waals surface area contributed by atoms with Crippen LogP contribution in [0.25, 0.3) is 10.2 Å². The van der Waals surface area contributed by atoms with E-state index in [0.717, 1.165) is 11.9 Å². The van der Waals surface area contributed by atoms with Crippen molar-refractivity contribution in [2.45, 2.75) is 52.0 Å². The van der Waals surface area contributed by atoms with E-state index >= 15 is 0 Å². The summed E-state index contributed by atoms with van der Waals surface area (Å²) in [6.45, 7) is 10.7. The van der Waals surface area contributed by atoms with Crippen molar-refractivity contribution in [1.82, 2.24) is 4.98 Å². The van der Waals surface area contributed by atoms with Gasteiger partial charge < -0.3 is 5.73 Å². The lowest BCUT2D eigenvalue weighted by Crippen LogP contribution is -2.34. The lowest BCUT2D eigenvalue weighted by atomic mass is 9.96. The van der Waals surface area contributed by atoms with Gasteiger partial charge in [-0.15, -0.1) is 11.3 Å². The van der Waals surface area contributed by atoms with Gasteiger partial charge in [0, 0.05) is 11.0 Å². The van der Waals surface area contributed by atoms with E-state index in [1.165, 1.54) is 15.3 Å². The van der Waals surface area contributed by atoms with E-state index in [1.807, 2.05) is 0 Å². The topological polar surface area (TPSA) is 38.9 Å². The van der Waals surface area contributed by atoms with Crippen LogP contribution < -0.4 is 5.73 Å². The molecule has 2 rings (SSSR count). The van der Waals surface area contributed by atoms with Crippen molar-refractivity contribution < 1.29 is 0 Å². The number of nitrogens with zero attached hydrogens (tertiary/aromatic N) is 1. The van der Waals surface area contributed by atoms with Gasteiger partial charge in [0.05, 0.1) is 15.2 Å². The van der Waals surface area contributed by atoms with Gasteiger partial charge in [0.2, 0.25) is 0 Å². The molecule has 0 aliphatic rings. The quantitative estimate of drug-likeness (QED) is 0.892. The lowest BCUT2D eigenvalue weighted by molar-refractivity contribution is 0.517. The molecule has 0 atom stereocenters. The van der Waals surface area contributed by atoms with Gasteiger partial charge in [-0.25, -0.2) is 4.98 Å². The third-order valence-electron chi connectivity index (χ3n) is 2.75. The first kappa shape index (κ1) is 13.5. The normalized spacial score (nSPS) is 13.2. The molecule has 0 saturated carbocycles. The van der Waals surface area contributed by atoms with E-state index in [9.17, 15) is 0 Å². The monoisotopic (exact) mass is 262 g/mol. The summed E-state index contributed by atoms with van der Waals surface area (Å²) < 4.78 is 1.27. The van der Waals surface area contributed by atoms with Crippen molar-refractivity contribution in [2.24, 2.45) is 5.73 Å². The van der Waals surface area contributed by atoms with E-state index in [2.05, 4.69) is 52.8 Å². The second kappa shape index (κ2) is 4.32. The number of nitrogens with two attached hydrogens (primary N) is 1. The molecule has 0 unspecified atom stereocenters. The van der Waals surface area contributed by atoms with Gasteiger partial charge in [-0.3, -0.25) is 0 Å². The molecule has 2 N–H and O–H groups in total. The van der Waals surface area contributed by atoms with Gasteiger partial charge in [-0.05, 0) is 38.0 Å². The molecule has 2 nitrogen and oxygen atoms in total. The first-order valence-electron chi connectivity index (χ1n) is 6.34. The zero-order chi connectivity index (χ0) is 13.6. The SMILES string of the molecule is CC(C)(N)Cc1ccc2nc(C(C)(C)C)sc2c1. The number of benzene rings is 1. The molecule has 0 fully saturated rings. The molecule has 0 bridgehead atoms. The van der Waals surface area contributed by atoms with E-state index in [-0.39, 0.29) is 11.0 Å². The van der Waals surface area contributed by atoms with Gasteiger partial charge in [0.15, 0.2) is 0 Å². The number of thiazole rings is 1. The lowest BCUT2D eigenvalue weighted by Gasteiger charge is -2.18. The van der Waals surface area contributed by atoms with Gasteiger partial charge in [0.25, 0.3) is 0 Å².